The second-order valence-corrected chi connectivity index (χ2v) is 6.09. The van der Waals surface area contributed by atoms with E-state index in [4.69, 9.17) is 0 Å². The molecule has 5 nitrogen and oxygen atoms in total. The van der Waals surface area contributed by atoms with Crippen molar-refractivity contribution in [2.75, 3.05) is 0 Å². The number of carbonyl (C=O) groups excluding carboxylic acids is 2. The van der Waals surface area contributed by atoms with E-state index in [0.717, 1.165) is 16.5 Å². The third-order valence-corrected chi connectivity index (χ3v) is 4.52. The summed E-state index contributed by atoms with van der Waals surface area (Å²) in [5.74, 6) is -1.27. The Morgan fingerprint density at radius 3 is 2.40 bits per heavy atom. The Balaban J connectivity index is 2.13. The van der Waals surface area contributed by atoms with Gasteiger partial charge in [-0.25, -0.2) is 0 Å². The standard InChI is InChI=1S/C20H14N2O3/c1-10-5-7-21-18-12(10)3-4-14(23)17(18)13-9-15(24)20(25)19-16(13)11(2)6-8-22-19/h3-9,23H,1-2H3. The van der Waals surface area contributed by atoms with Crippen LogP contribution in [0, 0.1) is 13.8 Å². The highest BCUT2D eigenvalue weighted by atomic mass is 16.3. The number of rotatable bonds is 1. The minimum atomic E-state index is -0.648. The molecule has 0 unspecified atom stereocenters. The summed E-state index contributed by atoms with van der Waals surface area (Å²) >= 11 is 0. The molecular weight excluding hydrogens is 316 g/mol. The summed E-state index contributed by atoms with van der Waals surface area (Å²) in [7, 11) is 0. The van der Waals surface area contributed by atoms with Gasteiger partial charge in [0.05, 0.1) is 11.1 Å². The van der Waals surface area contributed by atoms with Gasteiger partial charge in [0.25, 0.3) is 5.78 Å². The number of aromatic nitrogens is 2. The first-order valence-corrected chi connectivity index (χ1v) is 7.83. The molecule has 0 saturated carbocycles. The van der Waals surface area contributed by atoms with E-state index in [2.05, 4.69) is 9.97 Å². The maximum Gasteiger partial charge on any atom is 0.251 e. The van der Waals surface area contributed by atoms with Crippen molar-refractivity contribution in [2.24, 2.45) is 0 Å². The predicted octanol–water partition coefficient (Wildman–Crippen LogP) is 3.15. The molecule has 4 rings (SSSR count). The summed E-state index contributed by atoms with van der Waals surface area (Å²) < 4.78 is 0. The van der Waals surface area contributed by atoms with Crippen molar-refractivity contribution < 1.29 is 14.7 Å². The smallest absolute Gasteiger partial charge is 0.251 e. The minimum absolute atomic E-state index is 0.00759. The zero-order valence-electron chi connectivity index (χ0n) is 13.7. The minimum Gasteiger partial charge on any atom is -0.507 e. The summed E-state index contributed by atoms with van der Waals surface area (Å²) in [6.07, 6.45) is 4.44. The van der Waals surface area contributed by atoms with E-state index in [9.17, 15) is 14.7 Å². The first-order valence-electron chi connectivity index (χ1n) is 7.83. The van der Waals surface area contributed by atoms with Crippen LogP contribution < -0.4 is 0 Å². The van der Waals surface area contributed by atoms with Crippen LogP contribution in [0.4, 0.5) is 0 Å². The number of hydrogen-bond acceptors (Lipinski definition) is 5. The van der Waals surface area contributed by atoms with Gasteiger partial charge in [-0.15, -0.1) is 0 Å². The summed E-state index contributed by atoms with van der Waals surface area (Å²) in [6.45, 7) is 3.80. The molecule has 0 atom stereocenters. The van der Waals surface area contributed by atoms with E-state index in [0.29, 0.717) is 22.2 Å². The van der Waals surface area contributed by atoms with Crippen LogP contribution in [0.1, 0.15) is 32.7 Å². The molecule has 1 aromatic carbocycles. The highest BCUT2D eigenvalue weighted by molar-refractivity contribution is 6.50. The maximum absolute atomic E-state index is 12.2. The van der Waals surface area contributed by atoms with Crippen LogP contribution in [0.5, 0.6) is 5.75 Å². The number of ketones is 2. The number of fused-ring (bicyclic) bond motifs is 2. The fourth-order valence-corrected chi connectivity index (χ4v) is 3.26. The molecule has 0 saturated heterocycles. The molecule has 3 aromatic rings. The number of phenolic OH excluding ortho intramolecular Hbond substituents is 1. The zero-order valence-corrected chi connectivity index (χ0v) is 13.7. The molecular formula is C20H14N2O3. The van der Waals surface area contributed by atoms with Crippen molar-refractivity contribution in [3.05, 3.63) is 70.7 Å². The molecule has 0 amide bonds. The quantitative estimate of drug-likeness (QED) is 0.693. The number of nitrogens with zero attached hydrogens (tertiary/aromatic N) is 2. The summed E-state index contributed by atoms with van der Waals surface area (Å²) in [5, 5.41) is 11.4. The van der Waals surface area contributed by atoms with E-state index in [1.54, 1.807) is 24.4 Å². The van der Waals surface area contributed by atoms with Gasteiger partial charge in [0, 0.05) is 28.9 Å². The van der Waals surface area contributed by atoms with Crippen molar-refractivity contribution in [3.63, 3.8) is 0 Å². The third kappa shape index (κ3) is 2.16. The molecule has 1 N–H and O–H groups in total. The van der Waals surface area contributed by atoms with Gasteiger partial charge in [-0.3, -0.25) is 19.6 Å². The first kappa shape index (κ1) is 15.2. The Hall–Kier alpha value is -3.34. The number of allylic oxidation sites excluding steroid dienone is 1. The molecule has 1 aliphatic rings. The Bertz CT molecular complexity index is 1110. The number of aromatic hydroxyl groups is 1. The number of Topliss-reactive ketones (excluding diaryl/α,β-unsaturated/α-hetero) is 1. The van der Waals surface area contributed by atoms with E-state index >= 15 is 0 Å². The normalized spacial score (nSPS) is 13.8. The Morgan fingerprint density at radius 1 is 0.880 bits per heavy atom. The third-order valence-electron chi connectivity index (χ3n) is 4.52. The highest BCUT2D eigenvalue weighted by Gasteiger charge is 2.31. The first-order chi connectivity index (χ1) is 12.0. The van der Waals surface area contributed by atoms with Crippen LogP contribution in [-0.2, 0) is 4.79 Å². The van der Waals surface area contributed by atoms with E-state index in [-0.39, 0.29) is 11.4 Å². The lowest BCUT2D eigenvalue weighted by molar-refractivity contribution is -0.111. The molecule has 0 fully saturated rings. The molecule has 5 heteroatoms. The number of carbonyl (C=O) groups is 2. The number of pyridine rings is 2. The highest BCUT2D eigenvalue weighted by Crippen LogP contribution is 2.40. The van der Waals surface area contributed by atoms with Gasteiger partial charge >= 0.3 is 0 Å². The van der Waals surface area contributed by atoms with Crippen LogP contribution in [0.15, 0.2) is 42.7 Å². The molecule has 2 aromatic heterocycles. The van der Waals surface area contributed by atoms with Crippen LogP contribution in [0.25, 0.3) is 16.5 Å². The summed E-state index contributed by atoms with van der Waals surface area (Å²) in [4.78, 5) is 32.9. The van der Waals surface area contributed by atoms with Gasteiger partial charge in [-0.05, 0) is 55.3 Å². The maximum atomic E-state index is 12.2. The van der Waals surface area contributed by atoms with Crippen molar-refractivity contribution in [3.8, 4) is 5.75 Å². The van der Waals surface area contributed by atoms with Gasteiger partial charge in [0.1, 0.15) is 11.4 Å². The summed E-state index contributed by atoms with van der Waals surface area (Å²) in [5.41, 5.74) is 4.01. The topological polar surface area (TPSA) is 80.2 Å². The molecule has 25 heavy (non-hydrogen) atoms. The Kier molecular flexibility index (Phi) is 3.25. The summed E-state index contributed by atoms with van der Waals surface area (Å²) in [6, 6.07) is 7.04. The SMILES string of the molecule is Cc1ccnc2c1C(c1c(O)ccc3c(C)ccnc13)=CC(=O)C2=O. The van der Waals surface area contributed by atoms with Gasteiger partial charge < -0.3 is 5.11 Å². The molecule has 0 aliphatic heterocycles. The lowest BCUT2D eigenvalue weighted by Gasteiger charge is -2.20. The molecule has 0 radical (unpaired) electrons. The fourth-order valence-electron chi connectivity index (χ4n) is 3.26. The number of benzene rings is 1. The monoisotopic (exact) mass is 330 g/mol. The fraction of sp³-hybridized carbons (Fsp3) is 0.100. The molecule has 0 spiro atoms. The Morgan fingerprint density at radius 2 is 1.60 bits per heavy atom. The molecule has 122 valence electrons. The number of aryl methyl sites for hydroxylation is 2. The van der Waals surface area contributed by atoms with E-state index in [1.807, 2.05) is 19.9 Å². The van der Waals surface area contributed by atoms with Crippen LogP contribution in [0.3, 0.4) is 0 Å². The van der Waals surface area contributed by atoms with E-state index < -0.39 is 11.6 Å². The van der Waals surface area contributed by atoms with Crippen molar-refractivity contribution in [2.45, 2.75) is 13.8 Å². The van der Waals surface area contributed by atoms with Crippen LogP contribution in [0.2, 0.25) is 0 Å². The van der Waals surface area contributed by atoms with E-state index in [1.165, 1.54) is 12.3 Å². The van der Waals surface area contributed by atoms with Crippen molar-refractivity contribution >= 4 is 28.0 Å². The van der Waals surface area contributed by atoms with Gasteiger partial charge in [-0.2, -0.15) is 0 Å². The molecule has 1 aliphatic carbocycles. The predicted molar refractivity (Wildman–Crippen MR) is 93.5 cm³/mol. The average molecular weight is 330 g/mol. The number of hydrogen-bond donors (Lipinski definition) is 1. The Labute approximate surface area is 143 Å². The number of phenols is 1. The van der Waals surface area contributed by atoms with Crippen molar-refractivity contribution in [1.82, 2.24) is 9.97 Å². The van der Waals surface area contributed by atoms with Gasteiger partial charge in [0.2, 0.25) is 5.78 Å². The zero-order chi connectivity index (χ0) is 17.7. The van der Waals surface area contributed by atoms with Crippen LogP contribution in [-0.4, -0.2) is 26.6 Å². The average Bonchev–Trinajstić information content (AvgIpc) is 2.59. The largest absolute Gasteiger partial charge is 0.507 e. The van der Waals surface area contributed by atoms with Crippen molar-refractivity contribution in [1.29, 1.82) is 0 Å². The van der Waals surface area contributed by atoms with Gasteiger partial charge in [-0.1, -0.05) is 0 Å². The van der Waals surface area contributed by atoms with Gasteiger partial charge in [0.15, 0.2) is 0 Å². The van der Waals surface area contributed by atoms with Crippen LogP contribution >= 0.6 is 0 Å². The lowest BCUT2D eigenvalue weighted by Crippen LogP contribution is -2.21. The lowest BCUT2D eigenvalue weighted by atomic mass is 9.84. The second kappa shape index (κ2) is 5.34. The molecule has 0 bridgehead atoms. The second-order valence-electron chi connectivity index (χ2n) is 6.09. The molecule has 2 heterocycles.